The molecule has 1 heterocycles. The molecule has 1 aliphatic rings. The topological polar surface area (TPSA) is 58.4 Å². The van der Waals surface area contributed by atoms with Crippen molar-refractivity contribution in [2.75, 3.05) is 30.3 Å². The van der Waals surface area contributed by atoms with Crippen LogP contribution in [0.15, 0.2) is 18.2 Å². The number of rotatable bonds is 3. The Kier molecular flexibility index (Phi) is 4.24. The van der Waals surface area contributed by atoms with E-state index in [1.807, 2.05) is 0 Å². The number of benzene rings is 1. The molecule has 0 aliphatic carbocycles. The van der Waals surface area contributed by atoms with Crippen LogP contribution < -0.4 is 16.0 Å². The summed E-state index contributed by atoms with van der Waals surface area (Å²) in [5, 5.41) is 2.85. The molecule has 1 fully saturated rings. The summed E-state index contributed by atoms with van der Waals surface area (Å²) < 4.78 is 13.3. The number of halogens is 1. The summed E-state index contributed by atoms with van der Waals surface area (Å²) in [5.74, 6) is 0.224. The van der Waals surface area contributed by atoms with E-state index in [9.17, 15) is 9.18 Å². The third-order valence-electron chi connectivity index (χ3n) is 3.52. The Hall–Kier alpha value is -1.78. The summed E-state index contributed by atoms with van der Waals surface area (Å²) in [6, 6.07) is 4.65. The van der Waals surface area contributed by atoms with Crippen LogP contribution >= 0.6 is 0 Å². The van der Waals surface area contributed by atoms with Gasteiger partial charge in [0.15, 0.2) is 0 Å². The van der Waals surface area contributed by atoms with E-state index in [0.717, 1.165) is 38.2 Å². The van der Waals surface area contributed by atoms with Gasteiger partial charge in [0.05, 0.1) is 0 Å². The van der Waals surface area contributed by atoms with Gasteiger partial charge in [0.25, 0.3) is 0 Å². The van der Waals surface area contributed by atoms with Crippen molar-refractivity contribution >= 4 is 17.3 Å². The van der Waals surface area contributed by atoms with E-state index in [1.54, 1.807) is 6.07 Å². The van der Waals surface area contributed by atoms with Gasteiger partial charge in [-0.1, -0.05) is 0 Å². The summed E-state index contributed by atoms with van der Waals surface area (Å²) in [6.45, 7) is 4.00. The zero-order valence-corrected chi connectivity index (χ0v) is 11.2. The van der Waals surface area contributed by atoms with Crippen molar-refractivity contribution in [2.24, 2.45) is 5.92 Å². The lowest BCUT2D eigenvalue weighted by Gasteiger charge is -2.33. The minimum atomic E-state index is -0.296. The average Bonchev–Trinajstić information content (AvgIpc) is 2.36. The summed E-state index contributed by atoms with van der Waals surface area (Å²) in [6.07, 6.45) is 1.99. The van der Waals surface area contributed by atoms with Crippen molar-refractivity contribution in [3.05, 3.63) is 24.0 Å². The van der Waals surface area contributed by atoms with Gasteiger partial charge in [-0.2, -0.15) is 0 Å². The molecular weight excluding hydrogens is 245 g/mol. The molecule has 1 aromatic rings. The molecule has 19 heavy (non-hydrogen) atoms. The lowest BCUT2D eigenvalue weighted by Crippen LogP contribution is -2.38. The van der Waals surface area contributed by atoms with Gasteiger partial charge >= 0.3 is 0 Å². The van der Waals surface area contributed by atoms with Crippen molar-refractivity contribution in [2.45, 2.75) is 19.8 Å². The van der Waals surface area contributed by atoms with Gasteiger partial charge in [0.2, 0.25) is 5.91 Å². The van der Waals surface area contributed by atoms with Crippen LogP contribution in [0.1, 0.15) is 19.8 Å². The molecule has 1 amide bonds. The quantitative estimate of drug-likeness (QED) is 0.819. The van der Waals surface area contributed by atoms with Crippen molar-refractivity contribution in [1.29, 1.82) is 0 Å². The van der Waals surface area contributed by atoms with E-state index in [-0.39, 0.29) is 11.7 Å². The van der Waals surface area contributed by atoms with Gasteiger partial charge < -0.3 is 16.0 Å². The Morgan fingerprint density at radius 1 is 1.42 bits per heavy atom. The number of nitrogens with zero attached hydrogens (tertiary/aromatic N) is 1. The highest BCUT2D eigenvalue weighted by molar-refractivity contribution is 5.72. The molecule has 4 nitrogen and oxygen atoms in total. The number of amides is 1. The summed E-state index contributed by atoms with van der Waals surface area (Å²) in [5.41, 5.74) is 6.96. The summed E-state index contributed by atoms with van der Waals surface area (Å²) >= 11 is 0. The zero-order valence-electron chi connectivity index (χ0n) is 11.2. The Bertz CT molecular complexity index is 436. The molecule has 3 N–H and O–H groups in total. The van der Waals surface area contributed by atoms with E-state index in [0.29, 0.717) is 11.6 Å². The van der Waals surface area contributed by atoms with Gasteiger partial charge in [-0.3, -0.25) is 4.79 Å². The van der Waals surface area contributed by atoms with Crippen molar-refractivity contribution in [3.8, 4) is 0 Å². The van der Waals surface area contributed by atoms with Crippen LogP contribution in [-0.2, 0) is 4.79 Å². The monoisotopic (exact) mass is 265 g/mol. The first kappa shape index (κ1) is 13.6. The number of nitrogen functional groups attached to an aromatic ring is 1. The van der Waals surface area contributed by atoms with Crippen LogP contribution in [0.3, 0.4) is 0 Å². The molecule has 1 aromatic carbocycles. The molecule has 0 bridgehead atoms. The first-order chi connectivity index (χ1) is 9.04. The van der Waals surface area contributed by atoms with Crippen molar-refractivity contribution < 1.29 is 9.18 Å². The maximum atomic E-state index is 13.3. The van der Waals surface area contributed by atoms with Crippen LogP contribution in [0.5, 0.6) is 0 Å². The Balaban J connectivity index is 1.90. The minimum absolute atomic E-state index is 0.0142. The highest BCUT2D eigenvalue weighted by Crippen LogP contribution is 2.25. The number of hydrogen-bond donors (Lipinski definition) is 2. The Morgan fingerprint density at radius 2 is 2.11 bits per heavy atom. The Labute approximate surface area is 112 Å². The van der Waals surface area contributed by atoms with Crippen LogP contribution in [0, 0.1) is 11.7 Å². The van der Waals surface area contributed by atoms with E-state index in [2.05, 4.69) is 10.2 Å². The maximum Gasteiger partial charge on any atom is 0.216 e. The highest BCUT2D eigenvalue weighted by atomic mass is 19.1. The van der Waals surface area contributed by atoms with Gasteiger partial charge in [-0.15, -0.1) is 0 Å². The van der Waals surface area contributed by atoms with Crippen LogP contribution in [-0.4, -0.2) is 25.5 Å². The SMILES string of the molecule is CC(=O)NCC1CCN(c2cc(N)cc(F)c2)CC1. The molecule has 0 atom stereocenters. The molecule has 2 rings (SSSR count). The molecule has 1 saturated heterocycles. The predicted molar refractivity (Wildman–Crippen MR) is 74.4 cm³/mol. The fourth-order valence-electron chi connectivity index (χ4n) is 2.46. The van der Waals surface area contributed by atoms with Crippen molar-refractivity contribution in [3.63, 3.8) is 0 Å². The lowest BCUT2D eigenvalue weighted by atomic mass is 9.96. The fourth-order valence-corrected chi connectivity index (χ4v) is 2.46. The summed E-state index contributed by atoms with van der Waals surface area (Å²) in [4.78, 5) is 13.0. The second-order valence-electron chi connectivity index (χ2n) is 5.11. The maximum absolute atomic E-state index is 13.3. The lowest BCUT2D eigenvalue weighted by molar-refractivity contribution is -0.119. The van der Waals surface area contributed by atoms with E-state index < -0.39 is 0 Å². The third-order valence-corrected chi connectivity index (χ3v) is 3.52. The fraction of sp³-hybridized carbons (Fsp3) is 0.500. The van der Waals surface area contributed by atoms with Gasteiger partial charge in [-0.25, -0.2) is 4.39 Å². The molecule has 0 saturated carbocycles. The Morgan fingerprint density at radius 3 is 2.68 bits per heavy atom. The van der Waals surface area contributed by atoms with Gasteiger partial charge in [-0.05, 0) is 37.0 Å². The smallest absolute Gasteiger partial charge is 0.216 e. The average molecular weight is 265 g/mol. The number of nitrogens with two attached hydrogens (primary N) is 1. The number of nitrogens with one attached hydrogen (secondary N) is 1. The predicted octanol–water partition coefficient (Wildman–Crippen LogP) is 1.76. The first-order valence-electron chi connectivity index (χ1n) is 6.60. The molecule has 0 radical (unpaired) electrons. The second kappa shape index (κ2) is 5.91. The number of anilines is 2. The van der Waals surface area contributed by atoms with E-state index in [1.165, 1.54) is 19.1 Å². The normalized spacial score (nSPS) is 16.4. The number of piperidine rings is 1. The highest BCUT2D eigenvalue weighted by Gasteiger charge is 2.20. The molecule has 5 heteroatoms. The molecule has 1 aliphatic heterocycles. The standard InChI is InChI=1S/C14H20FN3O/c1-10(19)17-9-11-2-4-18(5-3-11)14-7-12(15)6-13(16)8-14/h6-8,11H,2-5,9,16H2,1H3,(H,17,19). The van der Waals surface area contributed by atoms with E-state index >= 15 is 0 Å². The zero-order chi connectivity index (χ0) is 13.8. The van der Waals surface area contributed by atoms with Crippen LogP contribution in [0.2, 0.25) is 0 Å². The number of carbonyl (C=O) groups excluding carboxylic acids is 1. The second-order valence-corrected chi connectivity index (χ2v) is 5.11. The van der Waals surface area contributed by atoms with Crippen LogP contribution in [0.25, 0.3) is 0 Å². The first-order valence-corrected chi connectivity index (χ1v) is 6.60. The molecular formula is C14H20FN3O. The number of carbonyl (C=O) groups is 1. The third kappa shape index (κ3) is 3.84. The molecule has 0 aromatic heterocycles. The van der Waals surface area contributed by atoms with Gasteiger partial charge in [0, 0.05) is 37.9 Å². The number of hydrogen-bond acceptors (Lipinski definition) is 3. The van der Waals surface area contributed by atoms with Crippen LogP contribution in [0.4, 0.5) is 15.8 Å². The largest absolute Gasteiger partial charge is 0.399 e. The minimum Gasteiger partial charge on any atom is -0.399 e. The molecule has 0 spiro atoms. The molecule has 104 valence electrons. The van der Waals surface area contributed by atoms with E-state index in [4.69, 9.17) is 5.73 Å². The molecule has 0 unspecified atom stereocenters. The summed E-state index contributed by atoms with van der Waals surface area (Å²) in [7, 11) is 0. The van der Waals surface area contributed by atoms with Gasteiger partial charge in [0.1, 0.15) is 5.82 Å². The van der Waals surface area contributed by atoms with Crippen molar-refractivity contribution in [1.82, 2.24) is 5.32 Å².